The molecule has 1 amide bonds. The minimum absolute atomic E-state index is 0.0220. The van der Waals surface area contributed by atoms with Crippen LogP contribution >= 0.6 is 0 Å². The molecule has 2 saturated carbocycles. The first-order chi connectivity index (χ1) is 12.5. The van der Waals surface area contributed by atoms with Gasteiger partial charge in [0.25, 0.3) is 5.91 Å². The van der Waals surface area contributed by atoms with E-state index in [-0.39, 0.29) is 22.3 Å². The van der Waals surface area contributed by atoms with Gasteiger partial charge in [-0.05, 0) is 49.4 Å². The number of sulfonamides is 1. The van der Waals surface area contributed by atoms with Crippen LogP contribution in [0.1, 0.15) is 41.6 Å². The summed E-state index contributed by atoms with van der Waals surface area (Å²) < 4.78 is 27.3. The van der Waals surface area contributed by atoms with Crippen LogP contribution in [-0.2, 0) is 15.4 Å². The van der Waals surface area contributed by atoms with Gasteiger partial charge >= 0.3 is 0 Å². The maximum Gasteiger partial charge on any atom is 0.251 e. The van der Waals surface area contributed by atoms with E-state index >= 15 is 0 Å². The largest absolute Gasteiger partial charge is 0.351 e. The molecule has 5 nitrogen and oxygen atoms in total. The minimum atomic E-state index is -3.56. The van der Waals surface area contributed by atoms with E-state index in [1.807, 2.05) is 18.2 Å². The Morgan fingerprint density at radius 2 is 1.77 bits per heavy atom. The second-order valence-corrected chi connectivity index (χ2v) is 8.97. The van der Waals surface area contributed by atoms with Gasteiger partial charge in [-0.25, -0.2) is 13.1 Å². The maximum atomic E-state index is 12.5. The van der Waals surface area contributed by atoms with E-state index in [2.05, 4.69) is 22.2 Å². The third-order valence-electron chi connectivity index (χ3n) is 5.13. The smallest absolute Gasteiger partial charge is 0.251 e. The lowest BCUT2D eigenvalue weighted by Gasteiger charge is -2.17. The Kier molecular flexibility index (Phi) is 4.32. The fourth-order valence-electron chi connectivity index (χ4n) is 3.15. The quantitative estimate of drug-likeness (QED) is 0.787. The zero-order valence-corrected chi connectivity index (χ0v) is 15.3. The van der Waals surface area contributed by atoms with Gasteiger partial charge in [0.15, 0.2) is 0 Å². The lowest BCUT2D eigenvalue weighted by Crippen LogP contribution is -2.32. The molecule has 2 fully saturated rings. The number of hydrogen-bond acceptors (Lipinski definition) is 3. The van der Waals surface area contributed by atoms with Crippen LogP contribution in [0.3, 0.4) is 0 Å². The molecule has 0 radical (unpaired) electrons. The fourth-order valence-corrected chi connectivity index (χ4v) is 4.51. The number of rotatable bonds is 7. The van der Waals surface area contributed by atoms with Crippen LogP contribution < -0.4 is 10.0 Å². The molecule has 6 heteroatoms. The molecule has 0 aliphatic heterocycles. The third-order valence-corrected chi connectivity index (χ3v) is 6.65. The van der Waals surface area contributed by atoms with E-state index in [0.29, 0.717) is 12.1 Å². The molecule has 0 atom stereocenters. The summed E-state index contributed by atoms with van der Waals surface area (Å²) in [5.41, 5.74) is 1.63. The van der Waals surface area contributed by atoms with Crippen LogP contribution in [-0.4, -0.2) is 26.9 Å². The molecule has 4 rings (SSSR count). The Morgan fingerprint density at radius 3 is 2.42 bits per heavy atom. The summed E-state index contributed by atoms with van der Waals surface area (Å²) in [6.07, 6.45) is 3.86. The van der Waals surface area contributed by atoms with Crippen LogP contribution in [0.2, 0.25) is 0 Å². The standard InChI is InChI=1S/C20H22N2O3S/c23-19(21-14-20(11-12-20)16-6-2-1-3-7-16)15-5-4-8-18(13-15)26(24,25)22-17-9-10-17/h1-8,13,17,22H,9-12,14H2,(H,21,23). The summed E-state index contributed by atoms with van der Waals surface area (Å²) in [7, 11) is -3.56. The Bertz CT molecular complexity index is 917. The SMILES string of the molecule is O=C(NCC1(c2ccccc2)CC1)c1cccc(S(=O)(=O)NC2CC2)c1. The van der Waals surface area contributed by atoms with Crippen molar-refractivity contribution in [1.29, 1.82) is 0 Å². The highest BCUT2D eigenvalue weighted by atomic mass is 32.2. The summed E-state index contributed by atoms with van der Waals surface area (Å²) in [4.78, 5) is 12.7. The highest BCUT2D eigenvalue weighted by Gasteiger charge is 2.44. The lowest BCUT2D eigenvalue weighted by molar-refractivity contribution is 0.0949. The molecule has 0 aromatic heterocycles. The number of nitrogens with one attached hydrogen (secondary N) is 2. The molecule has 2 N–H and O–H groups in total. The molecule has 0 saturated heterocycles. The summed E-state index contributed by atoms with van der Waals surface area (Å²) in [6, 6.07) is 16.5. The number of carbonyl (C=O) groups is 1. The topological polar surface area (TPSA) is 75.3 Å². The number of carbonyl (C=O) groups excluding carboxylic acids is 1. The van der Waals surface area contributed by atoms with E-state index < -0.39 is 10.0 Å². The highest BCUT2D eigenvalue weighted by Crippen LogP contribution is 2.47. The Morgan fingerprint density at radius 1 is 1.04 bits per heavy atom. The van der Waals surface area contributed by atoms with Crippen molar-refractivity contribution in [3.8, 4) is 0 Å². The Labute approximate surface area is 153 Å². The molecular formula is C20H22N2O3S. The van der Waals surface area contributed by atoms with Crippen LogP contribution in [0.15, 0.2) is 59.5 Å². The van der Waals surface area contributed by atoms with Gasteiger partial charge in [-0.3, -0.25) is 4.79 Å². The second kappa shape index (κ2) is 6.52. The first-order valence-corrected chi connectivity index (χ1v) is 10.4. The van der Waals surface area contributed by atoms with Crippen LogP contribution in [0.25, 0.3) is 0 Å². The van der Waals surface area contributed by atoms with Crippen molar-refractivity contribution in [3.63, 3.8) is 0 Å². The van der Waals surface area contributed by atoms with Crippen molar-refractivity contribution in [2.75, 3.05) is 6.54 Å². The van der Waals surface area contributed by atoms with Crippen molar-refractivity contribution < 1.29 is 13.2 Å². The van der Waals surface area contributed by atoms with Crippen LogP contribution in [0.5, 0.6) is 0 Å². The number of amides is 1. The average molecular weight is 370 g/mol. The number of hydrogen-bond donors (Lipinski definition) is 2. The monoisotopic (exact) mass is 370 g/mol. The lowest BCUT2D eigenvalue weighted by atomic mass is 9.96. The zero-order chi connectivity index (χ0) is 18.2. The molecular weight excluding hydrogens is 348 g/mol. The minimum Gasteiger partial charge on any atom is -0.351 e. The van der Waals surface area contributed by atoms with Crippen molar-refractivity contribution in [1.82, 2.24) is 10.0 Å². The van der Waals surface area contributed by atoms with E-state index in [9.17, 15) is 13.2 Å². The van der Waals surface area contributed by atoms with E-state index in [4.69, 9.17) is 0 Å². The normalized spacial score (nSPS) is 18.3. The maximum absolute atomic E-state index is 12.5. The van der Waals surface area contributed by atoms with Crippen molar-refractivity contribution >= 4 is 15.9 Å². The summed E-state index contributed by atoms with van der Waals surface area (Å²) in [5, 5.41) is 2.98. The van der Waals surface area contributed by atoms with Crippen molar-refractivity contribution in [3.05, 3.63) is 65.7 Å². The highest BCUT2D eigenvalue weighted by molar-refractivity contribution is 7.89. The molecule has 0 bridgehead atoms. The molecule has 2 aliphatic carbocycles. The Balaban J connectivity index is 1.45. The summed E-state index contributed by atoms with van der Waals surface area (Å²) in [5.74, 6) is -0.240. The van der Waals surface area contributed by atoms with Crippen molar-refractivity contribution in [2.45, 2.75) is 42.0 Å². The molecule has 136 valence electrons. The van der Waals surface area contributed by atoms with Crippen LogP contribution in [0, 0.1) is 0 Å². The fraction of sp³-hybridized carbons (Fsp3) is 0.350. The predicted octanol–water partition coefficient (Wildman–Crippen LogP) is 2.59. The van der Waals surface area contributed by atoms with Gasteiger partial charge in [-0.15, -0.1) is 0 Å². The summed E-state index contributed by atoms with van der Waals surface area (Å²) in [6.45, 7) is 0.563. The first-order valence-electron chi connectivity index (χ1n) is 8.95. The number of benzene rings is 2. The van der Waals surface area contributed by atoms with E-state index in [1.54, 1.807) is 12.1 Å². The molecule has 0 unspecified atom stereocenters. The second-order valence-electron chi connectivity index (χ2n) is 7.25. The molecule has 0 spiro atoms. The molecule has 2 aliphatic rings. The molecule has 26 heavy (non-hydrogen) atoms. The van der Waals surface area contributed by atoms with Gasteiger partial charge in [-0.2, -0.15) is 0 Å². The van der Waals surface area contributed by atoms with Gasteiger partial charge in [0.05, 0.1) is 4.90 Å². The van der Waals surface area contributed by atoms with Gasteiger partial charge in [0.1, 0.15) is 0 Å². The van der Waals surface area contributed by atoms with E-state index in [0.717, 1.165) is 25.7 Å². The van der Waals surface area contributed by atoms with Gasteiger partial charge in [0, 0.05) is 23.6 Å². The van der Waals surface area contributed by atoms with Gasteiger partial charge in [-0.1, -0.05) is 36.4 Å². The molecule has 2 aromatic rings. The first kappa shape index (κ1) is 17.2. The molecule has 0 heterocycles. The van der Waals surface area contributed by atoms with Gasteiger partial charge in [0.2, 0.25) is 10.0 Å². The van der Waals surface area contributed by atoms with Crippen molar-refractivity contribution in [2.24, 2.45) is 0 Å². The van der Waals surface area contributed by atoms with Gasteiger partial charge < -0.3 is 5.32 Å². The van der Waals surface area contributed by atoms with Crippen LogP contribution in [0.4, 0.5) is 0 Å². The molecule has 2 aromatic carbocycles. The Hall–Kier alpha value is -2.18. The third kappa shape index (κ3) is 3.66. The summed E-state index contributed by atoms with van der Waals surface area (Å²) >= 11 is 0. The average Bonchev–Trinajstić information content (AvgIpc) is 3.57. The predicted molar refractivity (Wildman–Crippen MR) is 99.5 cm³/mol. The van der Waals surface area contributed by atoms with E-state index in [1.165, 1.54) is 17.7 Å². The zero-order valence-electron chi connectivity index (χ0n) is 14.4.